The van der Waals surface area contributed by atoms with Crippen LogP contribution in [0.1, 0.15) is 75.0 Å². The Kier molecular flexibility index (Phi) is 24.1. The number of aromatic nitrogens is 2. The molecule has 8 aromatic rings. The summed E-state index contributed by atoms with van der Waals surface area (Å²) in [6.45, 7) is 8.18. The lowest BCUT2D eigenvalue weighted by Crippen LogP contribution is -2.41. The van der Waals surface area contributed by atoms with Crippen molar-refractivity contribution >= 4 is 77.8 Å². The molecule has 12 N–H and O–H groups in total. The van der Waals surface area contributed by atoms with E-state index in [-0.39, 0.29) is 77.4 Å². The number of aryl methyl sites for hydroxylation is 2. The largest absolute Gasteiger partial charge is 0.508 e. The SMILES string of the molecule is Cc1ccc(S(=O)(=O)Nc2ccc(NNOCCc3ccccc3O)cc2)c(C)c1NC(=O)C[n+]1cccc(CONCCCCCCNC(=O)c2ccc[n+](CC(=O)Nc3c(C)ccc(S(=O)(=O)Nc4ccc(NNC(=O)Cc5ccccc5O)cc4)c3C)c2)c1. The topological polar surface area (TPSA) is 324 Å². The molecule has 0 saturated heterocycles. The van der Waals surface area contributed by atoms with E-state index in [4.69, 9.17) is 9.68 Å². The lowest BCUT2D eigenvalue weighted by atomic mass is 10.1. The number of hydrazine groups is 2. The summed E-state index contributed by atoms with van der Waals surface area (Å²) >= 11 is 0. The molecule has 0 aliphatic rings. The lowest BCUT2D eigenvalue weighted by molar-refractivity contribution is -0.684. The third-order valence-corrected chi connectivity index (χ3v) is 17.6. The molecule has 24 nitrogen and oxygen atoms in total. The van der Waals surface area contributed by atoms with Gasteiger partial charge in [0.05, 0.1) is 40.8 Å². The van der Waals surface area contributed by atoms with E-state index in [1.54, 1.807) is 153 Å². The molecule has 26 heteroatoms. The van der Waals surface area contributed by atoms with Crippen molar-refractivity contribution < 1.29 is 65.0 Å². The number of phenols is 2. The molecular formula is C66H76N12O12S2+2. The van der Waals surface area contributed by atoms with Crippen molar-refractivity contribution in [3.8, 4) is 11.5 Å². The van der Waals surface area contributed by atoms with Gasteiger partial charge < -0.3 is 26.2 Å². The second kappa shape index (κ2) is 32.7. The Balaban J connectivity index is 0.695. The molecule has 2 aromatic heterocycles. The number of amides is 4. The highest BCUT2D eigenvalue weighted by Gasteiger charge is 2.25. The number of hydrogen-bond acceptors (Lipinski definition) is 16. The standard InChI is InChI=1S/C66H74N12O12S2/c1-45-21-31-59(92(87,88)75-56-29-25-54(26-30-56)72-76-89-38-33-50-16-7-9-19-57(50)79)47(3)64(45)69-62(82)42-77-36-13-15-49(40-77)44-90-68-35-12-6-5-11-34-67-66(84)52-18-14-37-78(41-52)43-63(83)70-65-46(2)22-32-60(48(65)4)91(85,86)74-55-27-23-53(24-28-55)71-73-61(81)39-51-17-8-10-20-58(51)80/h7-10,13-32,36-37,40-41,68,71-72,74-76H,5-6,11-12,33-35,38-39,42-44H2,1-4H3,(H4-2,67,69,70,73,79,80,81,82,83,84)/p+2. The molecule has 0 radical (unpaired) electrons. The van der Waals surface area contributed by atoms with Gasteiger partial charge in [-0.05, 0) is 153 Å². The average molecular weight is 1290 g/mol. The van der Waals surface area contributed by atoms with Gasteiger partial charge in [-0.2, -0.15) is 9.13 Å². The van der Waals surface area contributed by atoms with Gasteiger partial charge in [-0.15, -0.1) is 5.59 Å². The number of para-hydroxylation sites is 2. The smallest absolute Gasteiger partial charge is 0.290 e. The van der Waals surface area contributed by atoms with Gasteiger partial charge >= 0.3 is 0 Å². The third kappa shape index (κ3) is 20.0. The third-order valence-electron chi connectivity index (χ3n) is 14.6. The maximum atomic E-state index is 13.6. The maximum absolute atomic E-state index is 13.6. The predicted octanol–water partition coefficient (Wildman–Crippen LogP) is 7.57. The van der Waals surface area contributed by atoms with E-state index in [1.807, 2.05) is 24.3 Å². The van der Waals surface area contributed by atoms with Gasteiger partial charge in [-0.1, -0.05) is 61.4 Å². The number of aromatic hydroxyl groups is 2. The molecule has 2 heterocycles. The molecule has 0 aliphatic heterocycles. The van der Waals surface area contributed by atoms with Gasteiger partial charge in [0.25, 0.3) is 37.8 Å². The Hall–Kier alpha value is -9.96. The normalized spacial score (nSPS) is 11.3. The fourth-order valence-corrected chi connectivity index (χ4v) is 12.3. The Morgan fingerprint density at radius 3 is 1.60 bits per heavy atom. The first-order valence-corrected chi connectivity index (χ1v) is 32.5. The van der Waals surface area contributed by atoms with Gasteiger partial charge in [0.1, 0.15) is 17.1 Å². The van der Waals surface area contributed by atoms with Crippen LogP contribution in [0.2, 0.25) is 0 Å². The Labute approximate surface area is 534 Å². The summed E-state index contributed by atoms with van der Waals surface area (Å²) in [4.78, 5) is 63.4. The number of sulfonamides is 2. The molecule has 4 amide bonds. The Morgan fingerprint density at radius 2 is 1.02 bits per heavy atom. The number of hydrogen-bond donors (Lipinski definition) is 12. The zero-order valence-corrected chi connectivity index (χ0v) is 53.0. The molecule has 0 fully saturated rings. The van der Waals surface area contributed by atoms with Gasteiger partial charge in [0.15, 0.2) is 24.8 Å². The summed E-state index contributed by atoms with van der Waals surface area (Å²) in [6, 6.07) is 39.5. The first-order chi connectivity index (χ1) is 44.2. The Morgan fingerprint density at radius 1 is 0.511 bits per heavy atom. The number of phenolic OH excluding ortho intramolecular Hbond substituents is 2. The molecule has 0 aliphatic carbocycles. The first kappa shape index (κ1) is 68.0. The van der Waals surface area contributed by atoms with Crippen LogP contribution in [0.3, 0.4) is 0 Å². The summed E-state index contributed by atoms with van der Waals surface area (Å²) in [6.07, 6.45) is 10.5. The minimum atomic E-state index is -4.12. The molecule has 0 unspecified atom stereocenters. The summed E-state index contributed by atoms with van der Waals surface area (Å²) in [7, 11) is -8.18. The van der Waals surface area contributed by atoms with E-state index in [1.165, 1.54) is 30.3 Å². The first-order valence-electron chi connectivity index (χ1n) is 29.6. The van der Waals surface area contributed by atoms with Crippen LogP contribution in [-0.2, 0) is 76.6 Å². The number of benzene rings is 6. The number of unbranched alkanes of at least 4 members (excludes halogenated alkanes) is 3. The van der Waals surface area contributed by atoms with Gasteiger partial charge in [-0.25, -0.2) is 22.3 Å². The predicted molar refractivity (Wildman–Crippen MR) is 349 cm³/mol. The lowest BCUT2D eigenvalue weighted by Gasteiger charge is -2.16. The molecule has 482 valence electrons. The fraction of sp³-hybridized carbons (Fsp3) is 0.242. The number of hydroxylamine groups is 1. The number of carbonyl (C=O) groups excluding carboxylic acids is 4. The molecule has 0 atom stereocenters. The molecule has 0 bridgehead atoms. The van der Waals surface area contributed by atoms with Crippen LogP contribution >= 0.6 is 0 Å². The second-order valence-corrected chi connectivity index (χ2v) is 25.0. The minimum absolute atomic E-state index is 0.0125. The molecule has 92 heavy (non-hydrogen) atoms. The van der Waals surface area contributed by atoms with E-state index in [0.29, 0.717) is 81.3 Å². The zero-order chi connectivity index (χ0) is 65.6. The number of carbonyl (C=O) groups is 4. The van der Waals surface area contributed by atoms with Crippen molar-refractivity contribution in [3.63, 3.8) is 0 Å². The molecule has 0 spiro atoms. The van der Waals surface area contributed by atoms with Crippen molar-refractivity contribution in [2.45, 2.75) is 95.7 Å². The fourth-order valence-electron chi connectivity index (χ4n) is 9.73. The van der Waals surface area contributed by atoms with Crippen molar-refractivity contribution in [1.29, 1.82) is 0 Å². The number of anilines is 6. The highest BCUT2D eigenvalue weighted by atomic mass is 32.2. The quantitative estimate of drug-likeness (QED) is 0.0107. The van der Waals surface area contributed by atoms with E-state index < -0.39 is 26.0 Å². The highest BCUT2D eigenvalue weighted by Crippen LogP contribution is 2.31. The van der Waals surface area contributed by atoms with Crippen molar-refractivity contribution in [1.82, 2.24) is 21.8 Å². The van der Waals surface area contributed by atoms with Gasteiger partial charge in [0.2, 0.25) is 19.0 Å². The number of pyridine rings is 2. The summed E-state index contributed by atoms with van der Waals surface area (Å²) in [5, 5.41) is 28.6. The number of nitrogens with one attached hydrogen (secondary N) is 10. The van der Waals surface area contributed by atoms with Crippen LogP contribution in [-0.4, -0.2) is 70.4 Å². The van der Waals surface area contributed by atoms with Crippen LogP contribution < -0.4 is 61.9 Å². The van der Waals surface area contributed by atoms with Crippen LogP contribution in [0.25, 0.3) is 0 Å². The van der Waals surface area contributed by atoms with Crippen molar-refractivity contribution in [2.24, 2.45) is 0 Å². The van der Waals surface area contributed by atoms with Crippen LogP contribution in [0.4, 0.5) is 34.1 Å². The maximum Gasteiger partial charge on any atom is 0.290 e. The van der Waals surface area contributed by atoms with E-state index in [0.717, 1.165) is 36.8 Å². The summed E-state index contributed by atoms with van der Waals surface area (Å²) in [5.74, 6) is -1.26. The number of nitrogens with zero attached hydrogens (tertiary/aromatic N) is 2. The van der Waals surface area contributed by atoms with Crippen LogP contribution in [0, 0.1) is 27.7 Å². The number of rotatable bonds is 33. The van der Waals surface area contributed by atoms with Crippen molar-refractivity contribution in [2.75, 3.05) is 50.6 Å². The summed E-state index contributed by atoms with van der Waals surface area (Å²) in [5.41, 5.74) is 20.7. The molecular weight excluding hydrogens is 1220 g/mol. The van der Waals surface area contributed by atoms with Crippen molar-refractivity contribution in [3.05, 3.63) is 215 Å². The Bertz CT molecular complexity index is 4120. The minimum Gasteiger partial charge on any atom is -0.508 e. The van der Waals surface area contributed by atoms with Crippen LogP contribution in [0.15, 0.2) is 180 Å². The van der Waals surface area contributed by atoms with E-state index in [9.17, 15) is 46.2 Å². The van der Waals surface area contributed by atoms with Crippen LogP contribution in [0.5, 0.6) is 11.5 Å². The average Bonchev–Trinajstić information content (AvgIpc) is 1.36. The van der Waals surface area contributed by atoms with Gasteiger partial charge in [-0.3, -0.25) is 54.6 Å². The van der Waals surface area contributed by atoms with E-state index in [2.05, 4.69) is 52.7 Å². The zero-order valence-electron chi connectivity index (χ0n) is 51.3. The van der Waals surface area contributed by atoms with Gasteiger partial charge in [0, 0.05) is 65.5 Å². The molecule has 0 saturated carbocycles. The molecule has 8 rings (SSSR count). The highest BCUT2D eigenvalue weighted by molar-refractivity contribution is 7.93. The molecule has 6 aromatic carbocycles. The monoisotopic (exact) mass is 1290 g/mol. The second-order valence-electron chi connectivity index (χ2n) is 21.7. The summed E-state index contributed by atoms with van der Waals surface area (Å²) < 4.78 is 63.0. The van der Waals surface area contributed by atoms with E-state index >= 15 is 0 Å².